The zero-order valence-electron chi connectivity index (χ0n) is 18.4. The van der Waals surface area contributed by atoms with Gasteiger partial charge in [0.2, 0.25) is 0 Å². The van der Waals surface area contributed by atoms with E-state index in [1.54, 1.807) is 13.1 Å². The molecule has 0 saturated carbocycles. The molecule has 11 nitrogen and oxygen atoms in total. The van der Waals surface area contributed by atoms with E-state index in [1.807, 2.05) is 0 Å². The highest BCUT2D eigenvalue weighted by Crippen LogP contribution is 2.51. The molecule has 0 spiro atoms. The molecule has 0 aromatic heterocycles. The van der Waals surface area contributed by atoms with Gasteiger partial charge in [-0.3, -0.25) is 18.8 Å². The minimum absolute atomic E-state index is 0.0532. The van der Waals surface area contributed by atoms with Crippen LogP contribution in [-0.4, -0.2) is 102 Å². The highest BCUT2D eigenvalue weighted by atomic mass is 32.2. The van der Waals surface area contributed by atoms with Crippen LogP contribution in [0.5, 0.6) is 0 Å². The minimum Gasteiger partial charge on any atom is -0.387 e. The molecule has 3 N–H and O–H groups in total. The largest absolute Gasteiger partial charge is 0.407 e. The van der Waals surface area contributed by atoms with Gasteiger partial charge in [-0.25, -0.2) is 13.6 Å². The van der Waals surface area contributed by atoms with E-state index in [0.29, 0.717) is 11.7 Å². The van der Waals surface area contributed by atoms with E-state index in [0.717, 1.165) is 11.8 Å². The van der Waals surface area contributed by atoms with Crippen LogP contribution in [0.2, 0.25) is 0 Å². The van der Waals surface area contributed by atoms with Gasteiger partial charge < -0.3 is 25.2 Å². The summed E-state index contributed by atoms with van der Waals surface area (Å²) in [7, 11) is 0.593. The number of halogens is 1. The minimum atomic E-state index is -3.89. The molecule has 182 valence electrons. The number of hydrogen-bond donors (Lipinski definition) is 3. The van der Waals surface area contributed by atoms with Gasteiger partial charge in [-0.1, -0.05) is 18.3 Å². The lowest BCUT2D eigenvalue weighted by atomic mass is 9.97. The summed E-state index contributed by atoms with van der Waals surface area (Å²) in [4.78, 5) is 16.4. The van der Waals surface area contributed by atoms with Crippen molar-refractivity contribution in [1.82, 2.24) is 14.9 Å². The fourth-order valence-electron chi connectivity index (χ4n) is 3.00. The first kappa shape index (κ1) is 26.9. The second-order valence-corrected chi connectivity index (χ2v) is 10.8. The van der Waals surface area contributed by atoms with Crippen LogP contribution < -0.4 is 5.32 Å². The van der Waals surface area contributed by atoms with Crippen molar-refractivity contribution in [2.75, 3.05) is 46.8 Å². The molecule has 5 atom stereocenters. The Morgan fingerprint density at radius 2 is 2.19 bits per heavy atom. The number of hydrogen-bond acceptors (Lipinski definition) is 10. The number of alkyl halides is 1. The first-order chi connectivity index (χ1) is 15.0. The molecule has 0 aromatic rings. The van der Waals surface area contributed by atoms with Crippen LogP contribution >= 0.6 is 19.5 Å². The number of carbonyl (C=O) groups excluding carboxylic acids is 1. The molecular formula is C18H30FN4O7PS. The zero-order chi connectivity index (χ0) is 24.1. The van der Waals surface area contributed by atoms with Gasteiger partial charge in [-0.15, -0.1) is 0 Å². The molecule has 1 fully saturated rings. The van der Waals surface area contributed by atoms with E-state index in [-0.39, 0.29) is 17.5 Å². The summed E-state index contributed by atoms with van der Waals surface area (Å²) in [5.74, 6) is 1.07. The number of nitrogens with one attached hydrogen (secondary N) is 1. The Balaban J connectivity index is 2.13. The number of thioether (sulfide) groups is 1. The quantitative estimate of drug-likeness (QED) is 0.291. The van der Waals surface area contributed by atoms with Gasteiger partial charge in [0.15, 0.2) is 16.9 Å². The summed E-state index contributed by atoms with van der Waals surface area (Å²) in [6.07, 6.45) is -1.29. The summed E-state index contributed by atoms with van der Waals surface area (Å²) in [6.45, 7) is 3.28. The lowest BCUT2D eigenvalue weighted by Crippen LogP contribution is -2.49. The average molecular weight is 496 g/mol. The fraction of sp³-hybridized carbons (Fsp3) is 0.667. The van der Waals surface area contributed by atoms with Gasteiger partial charge >= 0.3 is 7.75 Å². The van der Waals surface area contributed by atoms with Crippen LogP contribution in [0.1, 0.15) is 6.92 Å². The van der Waals surface area contributed by atoms with Gasteiger partial charge in [0.25, 0.3) is 0 Å². The third-order valence-electron chi connectivity index (χ3n) is 4.83. The van der Waals surface area contributed by atoms with E-state index in [2.05, 4.69) is 16.9 Å². The Hall–Kier alpha value is -1.31. The van der Waals surface area contributed by atoms with Crippen molar-refractivity contribution >= 4 is 30.5 Å². The Labute approximate surface area is 190 Å². The number of aliphatic hydroxyl groups excluding tert-OH is 2. The Morgan fingerprint density at radius 3 is 2.72 bits per heavy atom. The predicted octanol–water partition coefficient (Wildman–Crippen LogP) is 0.674. The summed E-state index contributed by atoms with van der Waals surface area (Å²) < 4.78 is 44.9. The average Bonchev–Trinajstić information content (AvgIpc) is 3.00. The maximum atomic E-state index is 14.1. The second kappa shape index (κ2) is 11.2. The summed E-state index contributed by atoms with van der Waals surface area (Å²) in [5, 5.41) is 23.9. The van der Waals surface area contributed by atoms with Gasteiger partial charge in [0.1, 0.15) is 30.5 Å². The molecule has 2 aliphatic rings. The number of amidine groups is 1. The molecule has 32 heavy (non-hydrogen) atoms. The zero-order valence-corrected chi connectivity index (χ0v) is 20.1. The van der Waals surface area contributed by atoms with E-state index in [1.165, 1.54) is 36.8 Å². The highest BCUT2D eigenvalue weighted by molar-refractivity contribution is 8.13. The van der Waals surface area contributed by atoms with Gasteiger partial charge in [-0.05, 0) is 20.2 Å². The molecular weight excluding hydrogens is 466 g/mol. The first-order valence-corrected chi connectivity index (χ1v) is 12.2. The van der Waals surface area contributed by atoms with Crippen molar-refractivity contribution in [3.63, 3.8) is 0 Å². The number of carbonyl (C=O) groups is 1. The maximum Gasteiger partial charge on any atom is 0.407 e. The Morgan fingerprint density at radius 1 is 1.50 bits per heavy atom. The van der Waals surface area contributed by atoms with Crippen molar-refractivity contribution in [2.45, 2.75) is 31.0 Å². The van der Waals surface area contributed by atoms with Gasteiger partial charge in [0, 0.05) is 25.9 Å². The molecule has 0 aromatic carbocycles. The maximum absolute atomic E-state index is 14.1. The van der Waals surface area contributed by atoms with E-state index < -0.39 is 45.1 Å². The molecule has 2 aliphatic heterocycles. The van der Waals surface area contributed by atoms with E-state index in [4.69, 9.17) is 13.8 Å². The second-order valence-electron chi connectivity index (χ2n) is 7.31. The molecule has 0 amide bonds. The molecule has 2 rings (SSSR count). The number of nitrogens with zero attached hydrogens (tertiary/aromatic N) is 3. The third-order valence-corrected chi connectivity index (χ3v) is 7.55. The van der Waals surface area contributed by atoms with Crippen LogP contribution in [0.4, 0.5) is 4.39 Å². The van der Waals surface area contributed by atoms with Crippen molar-refractivity contribution in [1.29, 1.82) is 0 Å². The molecule has 0 aliphatic carbocycles. The molecule has 0 radical (unpaired) electrons. The smallest absolute Gasteiger partial charge is 0.387 e. The SMILES string of the molecule is C=C1NC(=NC)C=CN1[C@H]1O[C@](CF)(COP(=O)(OCCSC(C)=O)N(C)C)[C@H](O)C1O. The van der Waals surface area contributed by atoms with Gasteiger partial charge in [-0.2, -0.15) is 0 Å². The van der Waals surface area contributed by atoms with Crippen LogP contribution in [0, 0.1) is 0 Å². The Bertz CT molecular complexity index is 814. The lowest BCUT2D eigenvalue weighted by Gasteiger charge is -2.35. The number of rotatable bonds is 10. The van der Waals surface area contributed by atoms with Crippen molar-refractivity contribution < 1.29 is 37.7 Å². The van der Waals surface area contributed by atoms with E-state index in [9.17, 15) is 24.0 Å². The number of aliphatic imine (C=N–C) groups is 1. The van der Waals surface area contributed by atoms with Crippen molar-refractivity contribution in [2.24, 2.45) is 4.99 Å². The van der Waals surface area contributed by atoms with Crippen LogP contribution in [-0.2, 0) is 23.1 Å². The lowest BCUT2D eigenvalue weighted by molar-refractivity contribution is -0.141. The van der Waals surface area contributed by atoms with Crippen LogP contribution in [0.3, 0.4) is 0 Å². The molecule has 2 unspecified atom stereocenters. The van der Waals surface area contributed by atoms with Crippen molar-refractivity contribution in [3.05, 3.63) is 24.7 Å². The first-order valence-electron chi connectivity index (χ1n) is 9.69. The third kappa shape index (κ3) is 5.97. The normalized spacial score (nSPS) is 31.2. The predicted molar refractivity (Wildman–Crippen MR) is 119 cm³/mol. The summed E-state index contributed by atoms with van der Waals surface area (Å²) in [6, 6.07) is 0. The molecule has 14 heteroatoms. The molecule has 2 heterocycles. The van der Waals surface area contributed by atoms with Crippen LogP contribution in [0.25, 0.3) is 0 Å². The van der Waals surface area contributed by atoms with Gasteiger partial charge in [0.05, 0.1) is 13.2 Å². The Kier molecular flexibility index (Phi) is 9.44. The number of aliphatic hydroxyl groups is 2. The number of ether oxygens (including phenoxy) is 1. The topological polar surface area (TPSA) is 133 Å². The van der Waals surface area contributed by atoms with E-state index >= 15 is 0 Å². The molecule has 0 bridgehead atoms. The highest BCUT2D eigenvalue weighted by Gasteiger charge is 2.57. The van der Waals surface area contributed by atoms with Crippen LogP contribution in [0.15, 0.2) is 29.7 Å². The summed E-state index contributed by atoms with van der Waals surface area (Å²) in [5.41, 5.74) is -2.00. The molecule has 1 saturated heterocycles. The van der Waals surface area contributed by atoms with Crippen molar-refractivity contribution in [3.8, 4) is 0 Å². The standard InChI is InChI=1S/C18H30FN4O7PS/c1-12-21-14(20-3)6-7-23(12)17-15(25)16(26)18(10-19,30-17)11-29-31(27,22(4)5)28-8-9-32-13(2)24/h6-7,15-17,25-26H,1,8-11H2,2-5H3,(H,20,21)/t15?,16-,17+,18-,31?/m1/s1. The summed E-state index contributed by atoms with van der Waals surface area (Å²) >= 11 is 0.998. The fourth-order valence-corrected chi connectivity index (χ4v) is 4.82. The monoisotopic (exact) mass is 496 g/mol.